The molecule has 0 radical (unpaired) electrons. The molecule has 2 N–H and O–H groups in total. The van der Waals surface area contributed by atoms with Crippen molar-refractivity contribution in [2.75, 3.05) is 66.0 Å². The number of ether oxygens (including phenoxy) is 2. The summed E-state index contributed by atoms with van der Waals surface area (Å²) in [4.78, 5) is 8.97. The van der Waals surface area contributed by atoms with E-state index in [-0.39, 0.29) is 30.0 Å². The van der Waals surface area contributed by atoms with E-state index in [1.165, 1.54) is 16.8 Å². The molecule has 1 fully saturated rings. The van der Waals surface area contributed by atoms with Crippen LogP contribution in [-0.2, 0) is 11.3 Å². The SMILES string of the molecule is CN=C(NCc1ccc(N(C)C)cc1)NCC(c1ccc(OC)cc1)N1CCOCC1.I. The molecule has 0 spiro atoms. The lowest BCUT2D eigenvalue weighted by Gasteiger charge is -2.35. The Labute approximate surface area is 209 Å². The first-order valence-corrected chi connectivity index (χ1v) is 10.8. The van der Waals surface area contributed by atoms with Gasteiger partial charge in [-0.2, -0.15) is 0 Å². The van der Waals surface area contributed by atoms with Gasteiger partial charge in [-0.25, -0.2) is 0 Å². The Morgan fingerprint density at radius 1 is 1.06 bits per heavy atom. The Balaban J connectivity index is 0.00000363. The van der Waals surface area contributed by atoms with Gasteiger partial charge in [0.2, 0.25) is 0 Å². The van der Waals surface area contributed by atoms with Gasteiger partial charge in [0.15, 0.2) is 5.96 Å². The van der Waals surface area contributed by atoms with E-state index in [4.69, 9.17) is 9.47 Å². The van der Waals surface area contributed by atoms with Crippen molar-refractivity contribution >= 4 is 35.6 Å². The van der Waals surface area contributed by atoms with Crippen LogP contribution in [0.2, 0.25) is 0 Å². The van der Waals surface area contributed by atoms with Crippen LogP contribution in [0.15, 0.2) is 53.5 Å². The highest BCUT2D eigenvalue weighted by atomic mass is 127. The molecule has 2 aromatic rings. The van der Waals surface area contributed by atoms with Crippen molar-refractivity contribution in [3.63, 3.8) is 0 Å². The second-order valence-electron chi connectivity index (χ2n) is 7.80. The monoisotopic (exact) mass is 553 g/mol. The van der Waals surface area contributed by atoms with Crippen LogP contribution in [0.1, 0.15) is 17.2 Å². The smallest absolute Gasteiger partial charge is 0.191 e. The number of guanidine groups is 1. The van der Waals surface area contributed by atoms with Gasteiger partial charge in [0.25, 0.3) is 0 Å². The van der Waals surface area contributed by atoms with Crippen LogP contribution in [0.5, 0.6) is 5.75 Å². The summed E-state index contributed by atoms with van der Waals surface area (Å²) >= 11 is 0. The maximum absolute atomic E-state index is 5.56. The molecule has 7 nitrogen and oxygen atoms in total. The molecule has 32 heavy (non-hydrogen) atoms. The third kappa shape index (κ3) is 7.53. The van der Waals surface area contributed by atoms with E-state index in [1.54, 1.807) is 7.11 Å². The van der Waals surface area contributed by atoms with Crippen LogP contribution in [0.25, 0.3) is 0 Å². The second-order valence-corrected chi connectivity index (χ2v) is 7.80. The lowest BCUT2D eigenvalue weighted by Crippen LogP contribution is -2.46. The first-order chi connectivity index (χ1) is 15.1. The number of methoxy groups -OCH3 is 1. The number of morpholine rings is 1. The number of hydrogen-bond donors (Lipinski definition) is 2. The van der Waals surface area contributed by atoms with E-state index in [0.29, 0.717) is 0 Å². The van der Waals surface area contributed by atoms with Crippen LogP contribution in [0.3, 0.4) is 0 Å². The van der Waals surface area contributed by atoms with Crippen molar-refractivity contribution in [2.45, 2.75) is 12.6 Å². The fourth-order valence-electron chi connectivity index (χ4n) is 3.68. The molecule has 1 atom stereocenters. The Morgan fingerprint density at radius 3 is 2.28 bits per heavy atom. The Morgan fingerprint density at radius 2 is 1.72 bits per heavy atom. The van der Waals surface area contributed by atoms with Gasteiger partial charge >= 0.3 is 0 Å². The van der Waals surface area contributed by atoms with Gasteiger partial charge < -0.3 is 25.0 Å². The number of nitrogens with zero attached hydrogens (tertiary/aromatic N) is 3. The summed E-state index contributed by atoms with van der Waals surface area (Å²) in [5, 5.41) is 6.94. The minimum absolute atomic E-state index is 0. The molecule has 0 aliphatic carbocycles. The predicted molar refractivity (Wildman–Crippen MR) is 143 cm³/mol. The second kappa shape index (κ2) is 13.5. The third-order valence-electron chi connectivity index (χ3n) is 5.59. The van der Waals surface area contributed by atoms with E-state index in [1.807, 2.05) is 33.3 Å². The molecule has 0 amide bonds. The average molecular weight is 553 g/mol. The number of halogens is 1. The van der Waals surface area contributed by atoms with Gasteiger partial charge in [0.1, 0.15) is 5.75 Å². The summed E-state index contributed by atoms with van der Waals surface area (Å²) in [5.41, 5.74) is 3.66. The predicted octanol–water partition coefficient (Wildman–Crippen LogP) is 3.12. The first-order valence-electron chi connectivity index (χ1n) is 10.8. The largest absolute Gasteiger partial charge is 0.497 e. The third-order valence-corrected chi connectivity index (χ3v) is 5.59. The molecule has 8 heteroatoms. The fourth-order valence-corrected chi connectivity index (χ4v) is 3.68. The lowest BCUT2D eigenvalue weighted by molar-refractivity contribution is 0.0170. The summed E-state index contributed by atoms with van der Waals surface area (Å²) in [6.07, 6.45) is 0. The zero-order chi connectivity index (χ0) is 22.1. The number of anilines is 1. The highest BCUT2D eigenvalue weighted by molar-refractivity contribution is 14.0. The summed E-state index contributed by atoms with van der Waals surface area (Å²) < 4.78 is 10.9. The quantitative estimate of drug-likeness (QED) is 0.298. The molecule has 1 heterocycles. The van der Waals surface area contributed by atoms with E-state index in [2.05, 4.69) is 61.8 Å². The van der Waals surface area contributed by atoms with E-state index in [9.17, 15) is 0 Å². The van der Waals surface area contributed by atoms with Crippen LogP contribution >= 0.6 is 24.0 Å². The van der Waals surface area contributed by atoms with Crippen LogP contribution in [-0.4, -0.2) is 72.0 Å². The van der Waals surface area contributed by atoms with Crippen LogP contribution in [0.4, 0.5) is 5.69 Å². The van der Waals surface area contributed by atoms with Gasteiger partial charge in [-0.05, 0) is 35.4 Å². The minimum Gasteiger partial charge on any atom is -0.497 e. The Hall–Kier alpha value is -2.04. The topological polar surface area (TPSA) is 61.4 Å². The maximum Gasteiger partial charge on any atom is 0.191 e. The van der Waals surface area contributed by atoms with Crippen molar-refractivity contribution in [2.24, 2.45) is 4.99 Å². The Kier molecular flexibility index (Phi) is 11.1. The number of nitrogens with one attached hydrogen (secondary N) is 2. The number of aliphatic imine (C=N–C) groups is 1. The molecule has 1 aliphatic heterocycles. The van der Waals surface area contributed by atoms with E-state index < -0.39 is 0 Å². The molecular formula is C24H36IN5O2. The highest BCUT2D eigenvalue weighted by Gasteiger charge is 2.23. The molecule has 3 rings (SSSR count). The van der Waals surface area contributed by atoms with Crippen molar-refractivity contribution in [3.8, 4) is 5.75 Å². The van der Waals surface area contributed by atoms with Crippen LogP contribution < -0.4 is 20.3 Å². The van der Waals surface area contributed by atoms with Crippen molar-refractivity contribution in [1.29, 1.82) is 0 Å². The summed E-state index contributed by atoms with van der Waals surface area (Å²) in [6, 6.07) is 17.1. The standard InChI is InChI=1S/C24H35N5O2.HI/c1-25-24(26-17-19-5-9-21(10-6-19)28(2)3)27-18-23(29-13-15-31-16-14-29)20-7-11-22(30-4)12-8-20;/h5-12,23H,13-18H2,1-4H3,(H2,25,26,27);1H. The molecule has 176 valence electrons. The molecule has 0 bridgehead atoms. The number of benzene rings is 2. The maximum atomic E-state index is 5.56. The highest BCUT2D eigenvalue weighted by Crippen LogP contribution is 2.23. The number of hydrogen-bond acceptors (Lipinski definition) is 5. The number of rotatable bonds is 8. The average Bonchev–Trinajstić information content (AvgIpc) is 2.82. The zero-order valence-corrected chi connectivity index (χ0v) is 21.8. The fraction of sp³-hybridized carbons (Fsp3) is 0.458. The molecule has 1 aliphatic rings. The van der Waals surface area contributed by atoms with Gasteiger partial charge in [-0.15, -0.1) is 24.0 Å². The molecule has 1 unspecified atom stereocenters. The molecule has 0 aromatic heterocycles. The Bertz CT molecular complexity index is 821. The van der Waals surface area contributed by atoms with Gasteiger partial charge in [0, 0.05) is 53.0 Å². The lowest BCUT2D eigenvalue weighted by atomic mass is 10.0. The zero-order valence-electron chi connectivity index (χ0n) is 19.5. The van der Waals surface area contributed by atoms with Crippen molar-refractivity contribution < 1.29 is 9.47 Å². The van der Waals surface area contributed by atoms with Crippen LogP contribution in [0, 0.1) is 0 Å². The first kappa shape index (κ1) is 26.2. The van der Waals surface area contributed by atoms with Gasteiger partial charge in [0.05, 0.1) is 26.4 Å². The summed E-state index contributed by atoms with van der Waals surface area (Å²) in [7, 11) is 7.60. The molecule has 1 saturated heterocycles. The normalized spacial score (nSPS) is 15.4. The van der Waals surface area contributed by atoms with E-state index in [0.717, 1.165) is 51.1 Å². The van der Waals surface area contributed by atoms with Gasteiger partial charge in [-0.1, -0.05) is 24.3 Å². The van der Waals surface area contributed by atoms with Crippen molar-refractivity contribution in [3.05, 3.63) is 59.7 Å². The van der Waals surface area contributed by atoms with Crippen molar-refractivity contribution in [1.82, 2.24) is 15.5 Å². The molecule has 0 saturated carbocycles. The van der Waals surface area contributed by atoms with E-state index >= 15 is 0 Å². The molecule has 2 aromatic carbocycles. The summed E-state index contributed by atoms with van der Waals surface area (Å²) in [5.74, 6) is 1.67. The van der Waals surface area contributed by atoms with Gasteiger partial charge in [-0.3, -0.25) is 9.89 Å². The minimum atomic E-state index is 0. The summed E-state index contributed by atoms with van der Waals surface area (Å²) in [6.45, 7) is 4.85. The molecular weight excluding hydrogens is 517 g/mol.